The summed E-state index contributed by atoms with van der Waals surface area (Å²) in [5, 5.41) is 5.13. The number of Topliss-reactive ketones (excluding diaryl/α,β-unsaturated/α-hetero) is 2. The van der Waals surface area contributed by atoms with E-state index in [0.29, 0.717) is 11.1 Å². The van der Waals surface area contributed by atoms with E-state index in [9.17, 15) is 69.7 Å². The first-order valence-electron chi connectivity index (χ1n) is 31.9. The maximum absolute atomic E-state index is 16.8. The first-order chi connectivity index (χ1) is 49.4. The third kappa shape index (κ3) is 19.0. The lowest BCUT2D eigenvalue weighted by Crippen LogP contribution is -2.46. The van der Waals surface area contributed by atoms with Crippen LogP contribution in [-0.4, -0.2) is 196 Å². The Kier molecular flexibility index (Phi) is 25.7. The fraction of sp³-hybridized carbons (Fsp3) is 0.517. The van der Waals surface area contributed by atoms with Crippen LogP contribution >= 0.6 is 13.4 Å². The molecular weight excluding hydrogens is 1480 g/mol. The van der Waals surface area contributed by atoms with E-state index in [-0.39, 0.29) is 92.1 Å². The van der Waals surface area contributed by atoms with Crippen molar-refractivity contribution >= 4 is 107 Å². The van der Waals surface area contributed by atoms with Gasteiger partial charge in [-0.2, -0.15) is 8.78 Å². The summed E-state index contributed by atoms with van der Waals surface area (Å²) in [4.78, 5) is 139. The van der Waals surface area contributed by atoms with Crippen molar-refractivity contribution in [3.8, 4) is 5.75 Å². The second-order valence-electron chi connectivity index (χ2n) is 24.5. The molecule has 32 nitrogen and oxygen atoms in total. The molecule has 0 aliphatic carbocycles. The van der Waals surface area contributed by atoms with Crippen molar-refractivity contribution in [2.24, 2.45) is 17.6 Å². The van der Waals surface area contributed by atoms with Crippen LogP contribution in [0.2, 0.25) is 0 Å². The monoisotopic (exact) mass is 1550 g/mol. The average molecular weight is 1550 g/mol. The lowest BCUT2D eigenvalue weighted by Gasteiger charge is -2.29. The lowest BCUT2D eigenvalue weighted by molar-refractivity contribution is -0.144. The standard InChI is InChI=1S/C60H67F8N13O19P2S2/c1-27(2)33(16-32(82)9-12-91-13-10-39(84)98-52-44(65)42(63)41(62)43(64)45(52)66)56(86)78-34(4-3-11-71-59(70)87)36(83)14-28-5-7-29(8-6-28)19-93-60(88)79-18-30(61)15-31(79)20-92-40(85)17-35-48-54(74-23-72-35)80(25-76-48)57-46(67)50-37(96-57)21-94-102(90,104)100-51-38(22-95-101(89,103)99-50)97-58(47(51)68)81-26-77-49-53(69)73-24-75-55(49)81/h5-8,23-27,30-31,33-34,37-38,46-47,50-51,57-58H,3-4,9-22H2,1-2H3,(H,78,86)(H,89,103)(H,90,104)(H2,69,73,75)(H3,70,71,87)/t30-,31-,33-,34-,37+,38+,46+,47+,50+,51+,57+,58+,101?,102?/m0/s1. The number of hydrogen-bond acceptors (Lipinski definition) is 26. The molecule has 0 saturated carbocycles. The van der Waals surface area contributed by atoms with Gasteiger partial charge in [0.05, 0.1) is 76.2 Å². The Morgan fingerprint density at radius 3 is 1.90 bits per heavy atom. The molecule has 564 valence electrons. The van der Waals surface area contributed by atoms with Gasteiger partial charge in [-0.3, -0.25) is 47.1 Å². The number of imidazole rings is 2. The van der Waals surface area contributed by atoms with Gasteiger partial charge in [-0.05, 0) is 53.5 Å². The normalized spacial score (nSPS) is 25.5. The number of hydrogen-bond donors (Lipinski definition) is 6. The third-order valence-electron chi connectivity index (χ3n) is 17.0. The second kappa shape index (κ2) is 34.1. The highest BCUT2D eigenvalue weighted by Gasteiger charge is 2.54. The van der Waals surface area contributed by atoms with Gasteiger partial charge in [-0.15, -0.1) is 0 Å². The molecular formula is C60H67F8N13O19P2S2. The first-order valence-corrected chi connectivity index (χ1v) is 37.0. The molecule has 4 aromatic heterocycles. The Morgan fingerprint density at radius 1 is 0.731 bits per heavy atom. The van der Waals surface area contributed by atoms with Crippen LogP contribution in [0.4, 0.5) is 50.5 Å². The first kappa shape index (κ1) is 78.6. The van der Waals surface area contributed by atoms with E-state index >= 15 is 8.78 Å². The zero-order valence-electron chi connectivity index (χ0n) is 54.7. The van der Waals surface area contributed by atoms with Crippen LogP contribution < -0.4 is 26.8 Å². The number of ketones is 2. The summed E-state index contributed by atoms with van der Waals surface area (Å²) in [5.41, 5.74) is 12.1. The van der Waals surface area contributed by atoms with Crippen LogP contribution in [0.15, 0.2) is 49.6 Å². The number of benzene rings is 2. The Hall–Kier alpha value is -7.99. The van der Waals surface area contributed by atoms with Crippen molar-refractivity contribution in [2.75, 3.05) is 51.9 Å². The largest absolute Gasteiger partial charge is 0.463 e. The van der Waals surface area contributed by atoms with Crippen molar-refractivity contribution in [1.82, 2.24) is 54.6 Å². The average Bonchev–Trinajstić information content (AvgIpc) is 1.26. The SMILES string of the molecule is CC(C)[C@H](CC(=O)CCOCCC(=O)Oc1c(F)c(F)c(F)c(F)c1F)C(=O)N[C@@H](CCCNC(N)=O)C(=O)Cc1ccc(COC(=O)N2C[C@@H](F)C[C@H]2COC(=O)Cc2ncnc3c2ncn3[C@@H]2O[C@@H]3COP(O)(=S)O[C@H]4[C@@H](F)[C@H](n5cnc6c(N)ncnc65)O[C@@H]4COP(O)(=S)O[C@H]3[C@H]2F)cc1. The highest BCUT2D eigenvalue weighted by Crippen LogP contribution is 2.55. The number of ether oxygens (including phenoxy) is 6. The molecule has 8 N–H and O–H groups in total. The molecule has 8 heterocycles. The van der Waals surface area contributed by atoms with E-state index in [4.69, 9.17) is 76.9 Å². The van der Waals surface area contributed by atoms with E-state index in [1.165, 1.54) is 10.9 Å². The number of esters is 2. The molecule has 44 heteroatoms. The minimum absolute atomic E-state index is 0.00228. The summed E-state index contributed by atoms with van der Waals surface area (Å²) in [6.45, 7) is -9.01. The van der Waals surface area contributed by atoms with E-state index in [0.717, 1.165) is 28.4 Å². The molecule has 10 rings (SSSR count). The zero-order valence-corrected chi connectivity index (χ0v) is 58.1. The van der Waals surface area contributed by atoms with Gasteiger partial charge in [0, 0.05) is 38.1 Å². The molecule has 0 bridgehead atoms. The molecule has 0 radical (unpaired) electrons. The number of carbonyl (C=O) groups excluding carboxylic acids is 7. The van der Waals surface area contributed by atoms with Crippen molar-refractivity contribution in [3.05, 3.63) is 95.5 Å². The Morgan fingerprint density at radius 2 is 1.30 bits per heavy atom. The van der Waals surface area contributed by atoms with Crippen LogP contribution in [0.5, 0.6) is 5.75 Å². The summed E-state index contributed by atoms with van der Waals surface area (Å²) in [6, 6.07) is 3.32. The topological polar surface area (TPSA) is 419 Å². The summed E-state index contributed by atoms with van der Waals surface area (Å²) in [5.74, 6) is -18.9. The number of rotatable bonds is 27. The van der Waals surface area contributed by atoms with Gasteiger partial charge < -0.3 is 69.4 Å². The minimum Gasteiger partial charge on any atom is -0.463 e. The van der Waals surface area contributed by atoms with Crippen LogP contribution in [0.25, 0.3) is 22.3 Å². The third-order valence-corrected chi connectivity index (χ3v) is 20.1. The van der Waals surface area contributed by atoms with E-state index < -0.39 is 215 Å². The fourth-order valence-electron chi connectivity index (χ4n) is 11.6. The second-order valence-corrected chi connectivity index (χ2v) is 30.1. The summed E-state index contributed by atoms with van der Waals surface area (Å²) in [6.07, 6.45) is -14.0. The minimum atomic E-state index is -4.47. The number of nitrogens with zero attached hydrogens (tertiary/aromatic N) is 9. The van der Waals surface area contributed by atoms with Crippen LogP contribution in [0.1, 0.15) is 81.6 Å². The number of urea groups is 1. The molecule has 6 aromatic rings. The predicted molar refractivity (Wildman–Crippen MR) is 346 cm³/mol. The zero-order chi connectivity index (χ0) is 75.1. The number of nitrogen functional groups attached to an aromatic ring is 1. The van der Waals surface area contributed by atoms with E-state index in [1.807, 2.05) is 0 Å². The van der Waals surface area contributed by atoms with E-state index in [2.05, 4.69) is 45.3 Å². The number of amides is 4. The number of fused-ring (bicyclic) bond motifs is 4. The van der Waals surface area contributed by atoms with Crippen LogP contribution in [-0.2, 0) is 109 Å². The maximum Gasteiger partial charge on any atom is 0.410 e. The Bertz CT molecular complexity index is 4270. The van der Waals surface area contributed by atoms with Gasteiger partial charge in [-0.25, -0.2) is 65.8 Å². The summed E-state index contributed by atoms with van der Waals surface area (Å²) < 4.78 is 174. The van der Waals surface area contributed by atoms with Crippen molar-refractivity contribution in [1.29, 1.82) is 0 Å². The number of carbonyl (C=O) groups is 7. The van der Waals surface area contributed by atoms with Gasteiger partial charge in [0.2, 0.25) is 40.7 Å². The molecule has 4 amide bonds. The summed E-state index contributed by atoms with van der Waals surface area (Å²) in [7, 11) is 0. The molecule has 2 unspecified atom stereocenters. The fourth-order valence-corrected chi connectivity index (χ4v) is 14.5. The Balaban J connectivity index is 0.686. The maximum atomic E-state index is 16.8. The number of halogens is 8. The van der Waals surface area contributed by atoms with Gasteiger partial charge in [0.1, 0.15) is 73.3 Å². The van der Waals surface area contributed by atoms with Crippen LogP contribution in [0, 0.1) is 40.9 Å². The molecule has 0 spiro atoms. The smallest absolute Gasteiger partial charge is 0.410 e. The number of aromatic nitrogens is 8. The highest BCUT2D eigenvalue weighted by molar-refractivity contribution is 8.07. The van der Waals surface area contributed by atoms with Crippen LogP contribution in [0.3, 0.4) is 0 Å². The number of alkyl halides is 3. The molecule has 2 aromatic carbocycles. The van der Waals surface area contributed by atoms with Crippen molar-refractivity contribution in [3.63, 3.8) is 0 Å². The van der Waals surface area contributed by atoms with Gasteiger partial charge in [0.15, 0.2) is 47.7 Å². The molecule has 104 heavy (non-hydrogen) atoms. The molecule has 4 saturated heterocycles. The van der Waals surface area contributed by atoms with Crippen molar-refractivity contribution < 1.29 is 125 Å². The quantitative estimate of drug-likeness (QED) is 0.00735. The molecule has 14 atom stereocenters. The van der Waals surface area contributed by atoms with E-state index in [1.54, 1.807) is 38.1 Å². The molecule has 4 fully saturated rings. The highest BCUT2D eigenvalue weighted by atomic mass is 32.5. The van der Waals surface area contributed by atoms with Gasteiger partial charge in [0.25, 0.3) is 0 Å². The van der Waals surface area contributed by atoms with Crippen molar-refractivity contribution in [2.45, 2.75) is 139 Å². The number of anilines is 1. The number of likely N-dealkylation sites (tertiary alicyclic amines) is 1. The molecule has 4 aliphatic heterocycles. The number of primary amides is 1. The lowest BCUT2D eigenvalue weighted by atomic mass is 9.88. The van der Waals surface area contributed by atoms with Gasteiger partial charge >= 0.3 is 37.5 Å². The predicted octanol–water partition coefficient (Wildman–Crippen LogP) is 5.18. The number of nitrogens with two attached hydrogens (primary N) is 2. The Labute approximate surface area is 593 Å². The summed E-state index contributed by atoms with van der Waals surface area (Å²) >= 11 is 10.5. The van der Waals surface area contributed by atoms with Gasteiger partial charge in [-0.1, -0.05) is 38.1 Å². The number of nitrogens with one attached hydrogen (secondary N) is 2. The molecule has 4 aliphatic rings.